The van der Waals surface area contributed by atoms with Crippen LogP contribution in [-0.4, -0.2) is 28.8 Å². The molecule has 0 bridgehead atoms. The summed E-state index contributed by atoms with van der Waals surface area (Å²) < 4.78 is 0. The summed E-state index contributed by atoms with van der Waals surface area (Å²) in [4.78, 5) is 25.7. The second kappa shape index (κ2) is 4.80. The molecule has 4 heteroatoms. The molecule has 18 heavy (non-hydrogen) atoms. The number of amides is 2. The van der Waals surface area contributed by atoms with Crippen LogP contribution < -0.4 is 5.32 Å². The van der Waals surface area contributed by atoms with Gasteiger partial charge in [-0.15, -0.1) is 0 Å². The Morgan fingerprint density at radius 3 is 2.61 bits per heavy atom. The zero-order valence-corrected chi connectivity index (χ0v) is 10.8. The number of ketones is 1. The number of nitrogens with one attached hydrogen (secondary N) is 1. The number of benzene rings is 1. The predicted octanol–water partition coefficient (Wildman–Crippen LogP) is 2.66. The first-order chi connectivity index (χ1) is 8.51. The van der Waals surface area contributed by atoms with E-state index in [0.29, 0.717) is 13.0 Å². The first-order valence-corrected chi connectivity index (χ1v) is 6.19. The number of carbonyl (C=O) groups excluding carboxylic acids is 2. The van der Waals surface area contributed by atoms with Crippen LogP contribution in [-0.2, 0) is 4.79 Å². The van der Waals surface area contributed by atoms with Gasteiger partial charge in [-0.25, -0.2) is 4.79 Å². The number of nitrogens with zero attached hydrogens (tertiary/aromatic N) is 1. The summed E-state index contributed by atoms with van der Waals surface area (Å²) in [5, 5.41) is 2.82. The van der Waals surface area contributed by atoms with E-state index in [-0.39, 0.29) is 11.8 Å². The van der Waals surface area contributed by atoms with E-state index in [1.807, 2.05) is 30.3 Å². The second-order valence-electron chi connectivity index (χ2n) is 5.03. The van der Waals surface area contributed by atoms with Crippen LogP contribution in [0.15, 0.2) is 30.3 Å². The van der Waals surface area contributed by atoms with Gasteiger partial charge < -0.3 is 10.2 Å². The number of piperidine rings is 1. The van der Waals surface area contributed by atoms with Crippen LogP contribution in [0.4, 0.5) is 10.5 Å². The molecular weight excluding hydrogens is 228 g/mol. The van der Waals surface area contributed by atoms with Crippen LogP contribution in [0.25, 0.3) is 0 Å². The minimum absolute atomic E-state index is 0.122. The van der Waals surface area contributed by atoms with Gasteiger partial charge in [0.1, 0.15) is 0 Å². The van der Waals surface area contributed by atoms with Crippen molar-refractivity contribution >= 4 is 17.5 Å². The van der Waals surface area contributed by atoms with E-state index in [0.717, 1.165) is 12.1 Å². The van der Waals surface area contributed by atoms with E-state index in [4.69, 9.17) is 0 Å². The number of rotatable bonds is 1. The van der Waals surface area contributed by atoms with Crippen LogP contribution in [0.5, 0.6) is 0 Å². The summed E-state index contributed by atoms with van der Waals surface area (Å²) in [5.41, 5.74) is 0.0354. The SMILES string of the molecule is CC1(C)C(=O)CCCN1C(=O)Nc1ccccc1. The van der Waals surface area contributed by atoms with Gasteiger partial charge in [0, 0.05) is 18.7 Å². The highest BCUT2D eigenvalue weighted by atomic mass is 16.2. The summed E-state index contributed by atoms with van der Waals surface area (Å²) in [5.74, 6) is 0.122. The van der Waals surface area contributed by atoms with Crippen LogP contribution in [0.3, 0.4) is 0 Å². The smallest absolute Gasteiger partial charge is 0.312 e. The van der Waals surface area contributed by atoms with E-state index in [9.17, 15) is 9.59 Å². The van der Waals surface area contributed by atoms with Gasteiger partial charge in [0.25, 0.3) is 0 Å². The Morgan fingerprint density at radius 1 is 1.28 bits per heavy atom. The number of hydrogen-bond donors (Lipinski definition) is 1. The van der Waals surface area contributed by atoms with Crippen molar-refractivity contribution in [2.45, 2.75) is 32.2 Å². The van der Waals surface area contributed by atoms with Gasteiger partial charge >= 0.3 is 6.03 Å². The van der Waals surface area contributed by atoms with Crippen molar-refractivity contribution in [1.82, 2.24) is 4.90 Å². The zero-order chi connectivity index (χ0) is 13.2. The van der Waals surface area contributed by atoms with E-state index < -0.39 is 5.54 Å². The minimum Gasteiger partial charge on any atom is -0.312 e. The van der Waals surface area contributed by atoms with Gasteiger partial charge in [-0.1, -0.05) is 18.2 Å². The van der Waals surface area contributed by atoms with E-state index >= 15 is 0 Å². The monoisotopic (exact) mass is 246 g/mol. The fourth-order valence-corrected chi connectivity index (χ4v) is 2.20. The molecule has 1 fully saturated rings. The third-order valence-corrected chi connectivity index (χ3v) is 3.41. The standard InChI is InChI=1S/C14H18N2O2/c1-14(2)12(17)9-6-10-16(14)13(18)15-11-7-4-3-5-8-11/h3-5,7-8H,6,9-10H2,1-2H3,(H,15,18). The first kappa shape index (κ1) is 12.6. The molecule has 2 rings (SSSR count). The molecule has 0 saturated carbocycles. The lowest BCUT2D eigenvalue weighted by molar-refractivity contribution is -0.130. The Bertz CT molecular complexity index is 454. The van der Waals surface area contributed by atoms with Gasteiger partial charge in [0.05, 0.1) is 5.54 Å². The molecule has 1 aromatic rings. The summed E-state index contributed by atoms with van der Waals surface area (Å²) in [6, 6.07) is 9.07. The zero-order valence-electron chi connectivity index (χ0n) is 10.8. The van der Waals surface area contributed by atoms with Gasteiger partial charge in [-0.3, -0.25) is 4.79 Å². The highest BCUT2D eigenvalue weighted by molar-refractivity contribution is 5.97. The maximum absolute atomic E-state index is 12.2. The van der Waals surface area contributed by atoms with Crippen LogP contribution in [0.1, 0.15) is 26.7 Å². The Labute approximate surface area is 107 Å². The van der Waals surface area contributed by atoms with Crippen molar-refractivity contribution in [3.05, 3.63) is 30.3 Å². The topological polar surface area (TPSA) is 49.4 Å². The lowest BCUT2D eigenvalue weighted by Crippen LogP contribution is -2.57. The quantitative estimate of drug-likeness (QED) is 0.828. The molecule has 1 aromatic carbocycles. The lowest BCUT2D eigenvalue weighted by atomic mass is 9.89. The largest absolute Gasteiger partial charge is 0.322 e. The lowest BCUT2D eigenvalue weighted by Gasteiger charge is -2.40. The van der Waals surface area contributed by atoms with E-state index in [1.165, 1.54) is 0 Å². The van der Waals surface area contributed by atoms with Crippen molar-refractivity contribution in [3.8, 4) is 0 Å². The molecule has 1 saturated heterocycles. The fraction of sp³-hybridized carbons (Fsp3) is 0.429. The molecule has 0 spiro atoms. The van der Waals surface area contributed by atoms with Crippen LogP contribution in [0, 0.1) is 0 Å². The number of urea groups is 1. The highest BCUT2D eigenvalue weighted by Gasteiger charge is 2.39. The minimum atomic E-state index is -0.711. The van der Waals surface area contributed by atoms with Crippen LogP contribution >= 0.6 is 0 Å². The second-order valence-corrected chi connectivity index (χ2v) is 5.03. The molecule has 0 atom stereocenters. The molecule has 96 valence electrons. The van der Waals surface area contributed by atoms with Crippen molar-refractivity contribution in [3.63, 3.8) is 0 Å². The predicted molar refractivity (Wildman–Crippen MR) is 70.5 cm³/mol. The molecule has 0 radical (unpaired) electrons. The molecular formula is C14H18N2O2. The number of anilines is 1. The Hall–Kier alpha value is -1.84. The molecule has 2 amide bonds. The molecule has 4 nitrogen and oxygen atoms in total. The summed E-state index contributed by atoms with van der Waals surface area (Å²) in [7, 11) is 0. The van der Waals surface area contributed by atoms with Crippen LogP contribution in [0.2, 0.25) is 0 Å². The summed E-state index contributed by atoms with van der Waals surface area (Å²) in [6.45, 7) is 4.23. The average Bonchev–Trinajstić information content (AvgIpc) is 2.33. The Balaban J connectivity index is 2.11. The van der Waals surface area contributed by atoms with E-state index in [1.54, 1.807) is 18.7 Å². The van der Waals surface area contributed by atoms with Crippen molar-refractivity contribution in [2.75, 3.05) is 11.9 Å². The van der Waals surface area contributed by atoms with Gasteiger partial charge in [0.2, 0.25) is 0 Å². The molecule has 1 aliphatic rings. The molecule has 0 aromatic heterocycles. The van der Waals surface area contributed by atoms with Gasteiger partial charge in [-0.2, -0.15) is 0 Å². The molecule has 0 aliphatic carbocycles. The average molecular weight is 246 g/mol. The third-order valence-electron chi connectivity index (χ3n) is 3.41. The number of hydrogen-bond acceptors (Lipinski definition) is 2. The highest BCUT2D eigenvalue weighted by Crippen LogP contribution is 2.25. The van der Waals surface area contributed by atoms with Gasteiger partial charge in [-0.05, 0) is 32.4 Å². The number of carbonyl (C=O) groups is 2. The van der Waals surface area contributed by atoms with Crippen molar-refractivity contribution < 1.29 is 9.59 Å². The Kier molecular flexibility index (Phi) is 3.36. The molecule has 1 heterocycles. The molecule has 0 unspecified atom stereocenters. The fourth-order valence-electron chi connectivity index (χ4n) is 2.20. The van der Waals surface area contributed by atoms with Crippen molar-refractivity contribution in [2.24, 2.45) is 0 Å². The maximum Gasteiger partial charge on any atom is 0.322 e. The Morgan fingerprint density at radius 2 is 1.94 bits per heavy atom. The normalized spacial score (nSPS) is 18.6. The number of para-hydroxylation sites is 1. The van der Waals surface area contributed by atoms with Crippen molar-refractivity contribution in [1.29, 1.82) is 0 Å². The van der Waals surface area contributed by atoms with Gasteiger partial charge in [0.15, 0.2) is 5.78 Å². The van der Waals surface area contributed by atoms with E-state index in [2.05, 4.69) is 5.32 Å². The third kappa shape index (κ3) is 2.37. The summed E-state index contributed by atoms with van der Waals surface area (Å²) in [6.07, 6.45) is 1.30. The molecule has 1 N–H and O–H groups in total. The number of likely N-dealkylation sites (tertiary alicyclic amines) is 1. The molecule has 1 aliphatic heterocycles. The summed E-state index contributed by atoms with van der Waals surface area (Å²) >= 11 is 0. The maximum atomic E-state index is 12.2. The number of Topliss-reactive ketones (excluding diaryl/α,β-unsaturated/α-hetero) is 1. The first-order valence-electron chi connectivity index (χ1n) is 6.19.